The molecular formula is C17H14N2. The van der Waals surface area contributed by atoms with Crippen molar-refractivity contribution in [2.75, 3.05) is 0 Å². The first-order chi connectivity index (χ1) is 9.26. The predicted molar refractivity (Wildman–Crippen MR) is 74.3 cm³/mol. The molecule has 92 valence electrons. The molecule has 2 aromatic carbocycles. The maximum Gasteiger partial charge on any atom is 0.0911 e. The third-order valence-electron chi connectivity index (χ3n) is 3.21. The Morgan fingerprint density at radius 1 is 0.737 bits per heavy atom. The highest BCUT2D eigenvalue weighted by Gasteiger charge is 2.24. The highest BCUT2D eigenvalue weighted by Crippen LogP contribution is 2.32. The van der Waals surface area contributed by atoms with Crippen LogP contribution in [0.15, 0.2) is 54.6 Å². The number of rotatable bonds is 3. The SMILES string of the molecule is Cc1ccc([C@@H](C#N)[C@@H](C#N)c2ccccc2)cc1. The van der Waals surface area contributed by atoms with Crippen molar-refractivity contribution in [1.29, 1.82) is 10.5 Å². The average molecular weight is 246 g/mol. The first kappa shape index (κ1) is 12.9. The fraction of sp³-hybridized carbons (Fsp3) is 0.176. The monoisotopic (exact) mass is 246 g/mol. The molecule has 0 fully saturated rings. The standard InChI is InChI=1S/C17H14N2/c1-13-7-9-15(10-8-13)17(12-19)16(11-18)14-5-3-2-4-6-14/h2-10,16-17H,1H3/t16-,17+/m0/s1. The molecule has 0 aliphatic rings. The number of aryl methyl sites for hydroxylation is 1. The van der Waals surface area contributed by atoms with Gasteiger partial charge in [0.25, 0.3) is 0 Å². The molecule has 0 heterocycles. The summed E-state index contributed by atoms with van der Waals surface area (Å²) in [7, 11) is 0. The maximum atomic E-state index is 9.41. The third kappa shape index (κ3) is 2.81. The van der Waals surface area contributed by atoms with Gasteiger partial charge in [-0.2, -0.15) is 10.5 Å². The van der Waals surface area contributed by atoms with Crippen LogP contribution >= 0.6 is 0 Å². The molecule has 0 aliphatic heterocycles. The minimum atomic E-state index is -0.437. The van der Waals surface area contributed by atoms with Crippen LogP contribution in [0.1, 0.15) is 28.5 Å². The van der Waals surface area contributed by atoms with Gasteiger partial charge in [-0.25, -0.2) is 0 Å². The zero-order valence-corrected chi connectivity index (χ0v) is 10.7. The van der Waals surface area contributed by atoms with Gasteiger partial charge >= 0.3 is 0 Å². The number of nitriles is 2. The normalized spacial score (nSPS) is 13.0. The van der Waals surface area contributed by atoms with Gasteiger partial charge in [0.15, 0.2) is 0 Å². The van der Waals surface area contributed by atoms with Crippen LogP contribution in [0, 0.1) is 29.6 Å². The molecule has 0 saturated carbocycles. The van der Waals surface area contributed by atoms with Crippen molar-refractivity contribution in [2.45, 2.75) is 18.8 Å². The molecule has 0 unspecified atom stereocenters. The lowest BCUT2D eigenvalue weighted by molar-refractivity contribution is 0.761. The van der Waals surface area contributed by atoms with Crippen LogP contribution in [-0.4, -0.2) is 0 Å². The lowest BCUT2D eigenvalue weighted by Crippen LogP contribution is -2.08. The van der Waals surface area contributed by atoms with Crippen molar-refractivity contribution in [3.8, 4) is 12.1 Å². The Labute approximate surface area is 113 Å². The van der Waals surface area contributed by atoms with E-state index in [0.717, 1.165) is 16.7 Å². The summed E-state index contributed by atoms with van der Waals surface area (Å²) in [6, 6.07) is 21.8. The largest absolute Gasteiger partial charge is 0.198 e. The molecule has 0 aromatic heterocycles. The van der Waals surface area contributed by atoms with E-state index in [0.29, 0.717) is 0 Å². The predicted octanol–water partition coefficient (Wildman–Crippen LogP) is 3.91. The Hall–Kier alpha value is -2.58. The van der Waals surface area contributed by atoms with Crippen molar-refractivity contribution in [2.24, 2.45) is 0 Å². The van der Waals surface area contributed by atoms with E-state index in [-0.39, 0.29) is 0 Å². The second kappa shape index (κ2) is 5.85. The first-order valence-corrected chi connectivity index (χ1v) is 6.17. The molecule has 2 nitrogen and oxygen atoms in total. The molecule has 2 rings (SSSR count). The Kier molecular flexibility index (Phi) is 3.96. The number of hydrogen-bond donors (Lipinski definition) is 0. The zero-order valence-electron chi connectivity index (χ0n) is 10.7. The number of nitrogens with zero attached hydrogens (tertiary/aromatic N) is 2. The van der Waals surface area contributed by atoms with Crippen LogP contribution < -0.4 is 0 Å². The zero-order chi connectivity index (χ0) is 13.7. The van der Waals surface area contributed by atoms with Crippen molar-refractivity contribution in [3.05, 3.63) is 71.3 Å². The lowest BCUT2D eigenvalue weighted by atomic mass is 9.83. The van der Waals surface area contributed by atoms with E-state index < -0.39 is 11.8 Å². The molecule has 19 heavy (non-hydrogen) atoms. The fourth-order valence-electron chi connectivity index (χ4n) is 2.12. The minimum Gasteiger partial charge on any atom is -0.198 e. The molecule has 2 heteroatoms. The van der Waals surface area contributed by atoms with Gasteiger partial charge in [-0.1, -0.05) is 60.2 Å². The molecule has 0 N–H and O–H groups in total. The molecule has 2 atom stereocenters. The van der Waals surface area contributed by atoms with E-state index in [1.54, 1.807) is 0 Å². The molecule has 0 saturated heterocycles. The lowest BCUT2D eigenvalue weighted by Gasteiger charge is -2.16. The molecule has 0 radical (unpaired) electrons. The molecular weight excluding hydrogens is 232 g/mol. The summed E-state index contributed by atoms with van der Waals surface area (Å²) in [6.07, 6.45) is 0. The highest BCUT2D eigenvalue weighted by atomic mass is 14.4. The van der Waals surface area contributed by atoms with Crippen LogP contribution in [0.3, 0.4) is 0 Å². The van der Waals surface area contributed by atoms with Crippen LogP contribution in [0.4, 0.5) is 0 Å². The van der Waals surface area contributed by atoms with E-state index in [9.17, 15) is 10.5 Å². The van der Waals surface area contributed by atoms with E-state index in [2.05, 4.69) is 12.1 Å². The fourth-order valence-corrected chi connectivity index (χ4v) is 2.12. The second-order valence-corrected chi connectivity index (χ2v) is 4.53. The minimum absolute atomic E-state index is 0.436. The summed E-state index contributed by atoms with van der Waals surface area (Å²) in [5, 5.41) is 18.8. The quantitative estimate of drug-likeness (QED) is 0.824. The van der Waals surface area contributed by atoms with Gasteiger partial charge < -0.3 is 0 Å². The van der Waals surface area contributed by atoms with E-state index in [1.807, 2.05) is 61.5 Å². The Bertz CT molecular complexity index is 615. The van der Waals surface area contributed by atoms with Crippen molar-refractivity contribution in [1.82, 2.24) is 0 Å². The molecule has 0 amide bonds. The number of hydrogen-bond acceptors (Lipinski definition) is 2. The first-order valence-electron chi connectivity index (χ1n) is 6.17. The Morgan fingerprint density at radius 3 is 1.68 bits per heavy atom. The smallest absolute Gasteiger partial charge is 0.0911 e. The van der Waals surface area contributed by atoms with Gasteiger partial charge in [0.05, 0.1) is 24.0 Å². The van der Waals surface area contributed by atoms with Gasteiger partial charge in [0, 0.05) is 0 Å². The molecule has 2 aromatic rings. The molecule has 0 aliphatic carbocycles. The highest BCUT2D eigenvalue weighted by molar-refractivity contribution is 5.37. The maximum absolute atomic E-state index is 9.41. The average Bonchev–Trinajstić information content (AvgIpc) is 2.47. The molecule has 0 spiro atoms. The topological polar surface area (TPSA) is 47.6 Å². The Balaban J connectivity index is 2.39. The van der Waals surface area contributed by atoms with Gasteiger partial charge in [0.1, 0.15) is 0 Å². The van der Waals surface area contributed by atoms with Gasteiger partial charge in [-0.15, -0.1) is 0 Å². The summed E-state index contributed by atoms with van der Waals surface area (Å²) in [6.45, 7) is 2.00. The van der Waals surface area contributed by atoms with Gasteiger partial charge in [-0.05, 0) is 18.1 Å². The Morgan fingerprint density at radius 2 is 1.21 bits per heavy atom. The summed E-state index contributed by atoms with van der Waals surface area (Å²) in [5.41, 5.74) is 2.93. The number of benzene rings is 2. The van der Waals surface area contributed by atoms with E-state index in [1.165, 1.54) is 0 Å². The summed E-state index contributed by atoms with van der Waals surface area (Å²) in [4.78, 5) is 0. The molecule has 0 bridgehead atoms. The van der Waals surface area contributed by atoms with Gasteiger partial charge in [0.2, 0.25) is 0 Å². The van der Waals surface area contributed by atoms with Crippen molar-refractivity contribution >= 4 is 0 Å². The second-order valence-electron chi connectivity index (χ2n) is 4.53. The summed E-state index contributed by atoms with van der Waals surface area (Å²) >= 11 is 0. The van der Waals surface area contributed by atoms with Crippen LogP contribution in [-0.2, 0) is 0 Å². The van der Waals surface area contributed by atoms with E-state index >= 15 is 0 Å². The summed E-state index contributed by atoms with van der Waals surface area (Å²) in [5.74, 6) is -0.873. The van der Waals surface area contributed by atoms with Crippen molar-refractivity contribution < 1.29 is 0 Å². The van der Waals surface area contributed by atoms with Crippen LogP contribution in [0.5, 0.6) is 0 Å². The van der Waals surface area contributed by atoms with Gasteiger partial charge in [-0.3, -0.25) is 0 Å². The van der Waals surface area contributed by atoms with Crippen molar-refractivity contribution in [3.63, 3.8) is 0 Å². The van der Waals surface area contributed by atoms with Crippen LogP contribution in [0.25, 0.3) is 0 Å². The van der Waals surface area contributed by atoms with Crippen LogP contribution in [0.2, 0.25) is 0 Å². The van der Waals surface area contributed by atoms with E-state index in [4.69, 9.17) is 0 Å². The third-order valence-corrected chi connectivity index (χ3v) is 3.21. The summed E-state index contributed by atoms with van der Waals surface area (Å²) < 4.78 is 0.